The number of halogens is 1. The van der Waals surface area contributed by atoms with Crippen LogP contribution in [0.4, 0.5) is 0 Å². The molecule has 3 N–H and O–H groups in total. The van der Waals surface area contributed by atoms with Crippen LogP contribution < -0.4 is 25.4 Å². The van der Waals surface area contributed by atoms with Gasteiger partial charge in [0, 0.05) is 20.1 Å². The molecule has 1 aromatic carbocycles. The van der Waals surface area contributed by atoms with Crippen molar-refractivity contribution in [3.63, 3.8) is 0 Å². The summed E-state index contributed by atoms with van der Waals surface area (Å²) in [6.45, 7) is 3.87. The van der Waals surface area contributed by atoms with Crippen molar-refractivity contribution in [2.45, 2.75) is 19.4 Å². The van der Waals surface area contributed by atoms with Crippen molar-refractivity contribution >= 4 is 47.2 Å². The van der Waals surface area contributed by atoms with Crippen LogP contribution in [0.2, 0.25) is 0 Å². The predicted molar refractivity (Wildman–Crippen MR) is 129 cm³/mol. The summed E-state index contributed by atoms with van der Waals surface area (Å²) < 4.78 is 11.2. The van der Waals surface area contributed by atoms with E-state index in [2.05, 4.69) is 20.9 Å². The third-order valence-electron chi connectivity index (χ3n) is 3.85. The molecule has 0 fully saturated rings. The van der Waals surface area contributed by atoms with E-state index in [1.165, 1.54) is 11.3 Å². The number of amides is 1. The normalized spacial score (nSPS) is 11.8. The molecule has 160 valence electrons. The maximum atomic E-state index is 11.9. The Morgan fingerprint density at radius 1 is 1.10 bits per heavy atom. The average Bonchev–Trinajstić information content (AvgIpc) is 3.25. The molecular formula is C20H29IN4O3S. The zero-order valence-corrected chi connectivity index (χ0v) is 20.1. The Morgan fingerprint density at radius 3 is 2.48 bits per heavy atom. The van der Waals surface area contributed by atoms with Crippen LogP contribution in [0.25, 0.3) is 0 Å². The van der Waals surface area contributed by atoms with Gasteiger partial charge in [-0.2, -0.15) is 0 Å². The molecule has 0 aliphatic carbocycles. The van der Waals surface area contributed by atoms with Gasteiger partial charge >= 0.3 is 0 Å². The largest absolute Gasteiger partial charge is 0.493 e. The van der Waals surface area contributed by atoms with Gasteiger partial charge in [-0.05, 0) is 36.9 Å². The summed E-state index contributed by atoms with van der Waals surface area (Å²) in [7, 11) is 3.35. The summed E-state index contributed by atoms with van der Waals surface area (Å²) in [5, 5.41) is 11.3. The molecule has 1 unspecified atom stereocenters. The summed E-state index contributed by atoms with van der Waals surface area (Å²) in [5.74, 6) is 2.09. The SMILES string of the molecule is CN=C(NCCCNC(=O)c1cccs1)NCC(C)Oc1ccccc1OC.I. The Kier molecular flexibility index (Phi) is 12.1. The number of thiophene rings is 1. The minimum Gasteiger partial charge on any atom is -0.493 e. The highest BCUT2D eigenvalue weighted by Gasteiger charge is 2.09. The van der Waals surface area contributed by atoms with E-state index in [1.54, 1.807) is 14.2 Å². The van der Waals surface area contributed by atoms with Gasteiger partial charge < -0.3 is 25.4 Å². The number of hydrogen-bond donors (Lipinski definition) is 3. The number of guanidine groups is 1. The summed E-state index contributed by atoms with van der Waals surface area (Å²) in [6.07, 6.45) is 0.727. The first-order valence-electron chi connectivity index (χ1n) is 9.20. The minimum absolute atomic E-state index is 0. The van der Waals surface area contributed by atoms with Crippen LogP contribution in [0.1, 0.15) is 23.0 Å². The van der Waals surface area contributed by atoms with E-state index >= 15 is 0 Å². The number of carbonyl (C=O) groups is 1. The van der Waals surface area contributed by atoms with Gasteiger partial charge in [-0.3, -0.25) is 9.79 Å². The molecule has 0 bridgehead atoms. The molecule has 0 saturated heterocycles. The van der Waals surface area contributed by atoms with Crippen molar-refractivity contribution in [3.05, 3.63) is 46.7 Å². The number of nitrogens with zero attached hydrogens (tertiary/aromatic N) is 1. The lowest BCUT2D eigenvalue weighted by atomic mass is 10.3. The number of carbonyl (C=O) groups excluding carboxylic acids is 1. The van der Waals surface area contributed by atoms with E-state index in [-0.39, 0.29) is 36.0 Å². The van der Waals surface area contributed by atoms with Crippen molar-refractivity contribution in [2.75, 3.05) is 33.8 Å². The molecule has 1 heterocycles. The van der Waals surface area contributed by atoms with Crippen LogP contribution in [0.5, 0.6) is 11.5 Å². The van der Waals surface area contributed by atoms with E-state index < -0.39 is 0 Å². The first-order chi connectivity index (χ1) is 13.6. The van der Waals surface area contributed by atoms with Crippen LogP contribution in [-0.4, -0.2) is 51.8 Å². The highest BCUT2D eigenvalue weighted by molar-refractivity contribution is 14.0. The number of rotatable bonds is 10. The smallest absolute Gasteiger partial charge is 0.261 e. The molecule has 1 atom stereocenters. The number of methoxy groups -OCH3 is 1. The van der Waals surface area contributed by atoms with Crippen molar-refractivity contribution in [2.24, 2.45) is 4.99 Å². The van der Waals surface area contributed by atoms with Gasteiger partial charge in [0.15, 0.2) is 17.5 Å². The van der Waals surface area contributed by atoms with Gasteiger partial charge in [0.05, 0.1) is 18.5 Å². The molecule has 0 aliphatic heterocycles. The molecule has 0 spiro atoms. The maximum Gasteiger partial charge on any atom is 0.261 e. The summed E-state index contributed by atoms with van der Waals surface area (Å²) in [6, 6.07) is 11.3. The van der Waals surface area contributed by atoms with Crippen LogP contribution in [0, 0.1) is 0 Å². The van der Waals surface area contributed by atoms with E-state index in [1.807, 2.05) is 48.7 Å². The molecule has 7 nitrogen and oxygen atoms in total. The van der Waals surface area contributed by atoms with Crippen molar-refractivity contribution < 1.29 is 14.3 Å². The zero-order chi connectivity index (χ0) is 20.2. The Labute approximate surface area is 193 Å². The van der Waals surface area contributed by atoms with Crippen LogP contribution in [-0.2, 0) is 0 Å². The van der Waals surface area contributed by atoms with Crippen molar-refractivity contribution in [1.82, 2.24) is 16.0 Å². The quantitative estimate of drug-likeness (QED) is 0.190. The number of nitrogens with one attached hydrogen (secondary N) is 3. The number of para-hydroxylation sites is 2. The fraction of sp³-hybridized carbons (Fsp3) is 0.400. The van der Waals surface area contributed by atoms with Crippen molar-refractivity contribution in [3.8, 4) is 11.5 Å². The second-order valence-electron chi connectivity index (χ2n) is 6.05. The van der Waals surface area contributed by atoms with Gasteiger partial charge in [0.1, 0.15) is 6.10 Å². The fourth-order valence-corrected chi connectivity index (χ4v) is 3.07. The highest BCUT2D eigenvalue weighted by atomic mass is 127. The molecule has 0 aliphatic rings. The molecular weight excluding hydrogens is 503 g/mol. The van der Waals surface area contributed by atoms with Gasteiger partial charge in [-0.1, -0.05) is 18.2 Å². The van der Waals surface area contributed by atoms with Crippen LogP contribution in [0.15, 0.2) is 46.8 Å². The van der Waals surface area contributed by atoms with Gasteiger partial charge in [0.25, 0.3) is 5.91 Å². The number of aliphatic imine (C=N–C) groups is 1. The number of benzene rings is 1. The second-order valence-corrected chi connectivity index (χ2v) is 6.99. The van der Waals surface area contributed by atoms with Gasteiger partial charge in [0.2, 0.25) is 0 Å². The summed E-state index contributed by atoms with van der Waals surface area (Å²) in [4.78, 5) is 16.8. The second kappa shape index (κ2) is 14.0. The Bertz CT molecular complexity index is 756. The first-order valence-corrected chi connectivity index (χ1v) is 10.1. The van der Waals surface area contributed by atoms with E-state index in [0.29, 0.717) is 37.1 Å². The number of ether oxygens (including phenoxy) is 2. The molecule has 9 heteroatoms. The molecule has 0 radical (unpaired) electrons. The lowest BCUT2D eigenvalue weighted by Gasteiger charge is -2.19. The molecule has 1 amide bonds. The van der Waals surface area contributed by atoms with E-state index in [4.69, 9.17) is 9.47 Å². The summed E-state index contributed by atoms with van der Waals surface area (Å²) in [5.41, 5.74) is 0. The average molecular weight is 532 g/mol. The Hall–Kier alpha value is -2.01. The third-order valence-corrected chi connectivity index (χ3v) is 4.72. The first kappa shape index (κ1) is 25.0. The molecule has 0 saturated carbocycles. The molecule has 29 heavy (non-hydrogen) atoms. The van der Waals surface area contributed by atoms with E-state index in [0.717, 1.165) is 11.3 Å². The monoisotopic (exact) mass is 532 g/mol. The standard InChI is InChI=1S/C20H28N4O3S.HI/c1-15(27-17-9-5-4-8-16(17)26-3)14-24-20(21-2)23-12-7-11-22-19(25)18-10-6-13-28-18;/h4-6,8-10,13,15H,7,11-12,14H2,1-3H3,(H,22,25)(H2,21,23,24);1H. The lowest BCUT2D eigenvalue weighted by molar-refractivity contribution is 0.0957. The van der Waals surface area contributed by atoms with Crippen LogP contribution >= 0.6 is 35.3 Å². The maximum absolute atomic E-state index is 11.9. The molecule has 1 aromatic heterocycles. The zero-order valence-electron chi connectivity index (χ0n) is 16.9. The predicted octanol–water partition coefficient (Wildman–Crippen LogP) is 3.13. The van der Waals surface area contributed by atoms with Crippen molar-refractivity contribution in [1.29, 1.82) is 0 Å². The Morgan fingerprint density at radius 2 is 1.83 bits per heavy atom. The van der Waals surface area contributed by atoms with Gasteiger partial charge in [-0.15, -0.1) is 35.3 Å². The number of hydrogen-bond acceptors (Lipinski definition) is 5. The van der Waals surface area contributed by atoms with Crippen LogP contribution in [0.3, 0.4) is 0 Å². The summed E-state index contributed by atoms with van der Waals surface area (Å²) >= 11 is 1.44. The van der Waals surface area contributed by atoms with Gasteiger partial charge in [-0.25, -0.2) is 0 Å². The third kappa shape index (κ3) is 8.90. The topological polar surface area (TPSA) is 84.0 Å². The Balaban J connectivity index is 0.00000420. The minimum atomic E-state index is -0.0695. The highest BCUT2D eigenvalue weighted by Crippen LogP contribution is 2.26. The fourth-order valence-electron chi connectivity index (χ4n) is 2.43. The van der Waals surface area contributed by atoms with E-state index in [9.17, 15) is 4.79 Å². The lowest BCUT2D eigenvalue weighted by Crippen LogP contribution is -2.42. The molecule has 2 rings (SSSR count). The molecule has 2 aromatic rings.